The molecule has 1 aromatic carbocycles. The summed E-state index contributed by atoms with van der Waals surface area (Å²) < 4.78 is 5.04. The summed E-state index contributed by atoms with van der Waals surface area (Å²) in [5.41, 5.74) is 3.96. The van der Waals surface area contributed by atoms with Crippen LogP contribution in [0.15, 0.2) is 24.3 Å². The smallest absolute Gasteiger partial charge is 0.311 e. The molecular formula is C21H27ClN2O3. The summed E-state index contributed by atoms with van der Waals surface area (Å²) >= 11 is 0. The van der Waals surface area contributed by atoms with Gasteiger partial charge in [0.2, 0.25) is 0 Å². The highest BCUT2D eigenvalue weighted by Crippen LogP contribution is 2.49. The number of hydrogen-bond donors (Lipinski definition) is 2. The van der Waals surface area contributed by atoms with Crippen LogP contribution in [0.1, 0.15) is 36.6 Å². The van der Waals surface area contributed by atoms with E-state index in [4.69, 9.17) is 4.74 Å². The van der Waals surface area contributed by atoms with Crippen LogP contribution in [0, 0.1) is 17.8 Å². The van der Waals surface area contributed by atoms with E-state index in [0.717, 1.165) is 32.4 Å². The minimum atomic E-state index is -0.568. The summed E-state index contributed by atoms with van der Waals surface area (Å²) in [4.78, 5) is 18.6. The second-order valence-electron chi connectivity index (χ2n) is 8.18. The summed E-state index contributed by atoms with van der Waals surface area (Å²) in [5, 5.41) is 11.8. The lowest BCUT2D eigenvalue weighted by molar-refractivity contribution is -0.160. The third-order valence-electron chi connectivity index (χ3n) is 7.02. The van der Waals surface area contributed by atoms with Crippen LogP contribution in [0.2, 0.25) is 0 Å². The molecule has 2 aliphatic heterocycles. The third-order valence-corrected chi connectivity index (χ3v) is 7.02. The molecule has 0 radical (unpaired) electrons. The van der Waals surface area contributed by atoms with Crippen LogP contribution in [0.25, 0.3) is 10.9 Å². The van der Waals surface area contributed by atoms with Crippen LogP contribution in [0.5, 0.6) is 0 Å². The van der Waals surface area contributed by atoms with Gasteiger partial charge in [-0.15, -0.1) is 12.4 Å². The SMILES string of the molecule is COC(=O)[C@@H]1C2C[C@H]3c4[nH]c5ccccc5c4CCN3C[C@@H]2CC[C@@H]1O.Cl. The first-order valence-electron chi connectivity index (χ1n) is 9.76. The number of piperidine rings is 1. The van der Waals surface area contributed by atoms with Gasteiger partial charge in [0.15, 0.2) is 0 Å². The molecule has 27 heavy (non-hydrogen) atoms. The van der Waals surface area contributed by atoms with E-state index in [1.165, 1.54) is 29.3 Å². The normalized spacial score (nSPS) is 32.7. The lowest BCUT2D eigenvalue weighted by atomic mass is 9.65. The van der Waals surface area contributed by atoms with Crippen molar-refractivity contribution in [1.82, 2.24) is 9.88 Å². The fourth-order valence-electron chi connectivity index (χ4n) is 5.80. The zero-order valence-corrected chi connectivity index (χ0v) is 16.4. The Bertz CT molecular complexity index is 851. The number of aliphatic hydroxyl groups excluding tert-OH is 1. The molecule has 1 saturated heterocycles. The van der Waals surface area contributed by atoms with E-state index >= 15 is 0 Å². The number of methoxy groups -OCH3 is 1. The number of carbonyl (C=O) groups is 1. The highest BCUT2D eigenvalue weighted by molar-refractivity contribution is 5.85. The predicted octanol–water partition coefficient (Wildman–Crippen LogP) is 3.07. The lowest BCUT2D eigenvalue weighted by Gasteiger charge is -2.50. The minimum absolute atomic E-state index is 0. The van der Waals surface area contributed by atoms with E-state index in [2.05, 4.69) is 34.1 Å². The molecule has 0 spiro atoms. The first-order chi connectivity index (χ1) is 12.7. The first kappa shape index (κ1) is 18.8. The highest BCUT2D eigenvalue weighted by atomic mass is 35.5. The van der Waals surface area contributed by atoms with Gasteiger partial charge >= 0.3 is 5.97 Å². The van der Waals surface area contributed by atoms with Crippen molar-refractivity contribution < 1.29 is 14.6 Å². The Morgan fingerprint density at radius 2 is 2.11 bits per heavy atom. The molecule has 1 unspecified atom stereocenters. The van der Waals surface area contributed by atoms with Gasteiger partial charge in [-0.05, 0) is 49.1 Å². The van der Waals surface area contributed by atoms with Gasteiger partial charge in [0.25, 0.3) is 0 Å². The van der Waals surface area contributed by atoms with Crippen LogP contribution >= 0.6 is 12.4 Å². The average molecular weight is 391 g/mol. The van der Waals surface area contributed by atoms with Crippen molar-refractivity contribution in [2.75, 3.05) is 20.2 Å². The number of benzene rings is 1. The van der Waals surface area contributed by atoms with Crippen molar-refractivity contribution in [3.63, 3.8) is 0 Å². The van der Waals surface area contributed by atoms with Crippen molar-refractivity contribution in [3.05, 3.63) is 35.5 Å². The van der Waals surface area contributed by atoms with Gasteiger partial charge in [-0.2, -0.15) is 0 Å². The van der Waals surface area contributed by atoms with Gasteiger partial charge in [-0.3, -0.25) is 9.69 Å². The van der Waals surface area contributed by atoms with E-state index in [-0.39, 0.29) is 30.2 Å². The summed E-state index contributed by atoms with van der Waals surface area (Å²) in [6, 6.07) is 8.83. The van der Waals surface area contributed by atoms with Crippen molar-refractivity contribution in [2.45, 2.75) is 37.8 Å². The fourth-order valence-corrected chi connectivity index (χ4v) is 5.80. The molecule has 3 aliphatic rings. The van der Waals surface area contributed by atoms with Crippen LogP contribution in [0.4, 0.5) is 0 Å². The number of H-pyrrole nitrogens is 1. The third kappa shape index (κ3) is 2.87. The van der Waals surface area contributed by atoms with Crippen LogP contribution in [0.3, 0.4) is 0 Å². The molecule has 5 rings (SSSR count). The second-order valence-corrected chi connectivity index (χ2v) is 8.18. The molecular weight excluding hydrogens is 364 g/mol. The zero-order valence-electron chi connectivity index (χ0n) is 15.6. The van der Waals surface area contributed by atoms with Crippen molar-refractivity contribution in [1.29, 1.82) is 0 Å². The van der Waals surface area contributed by atoms with Crippen molar-refractivity contribution >= 4 is 29.3 Å². The molecule has 5 nitrogen and oxygen atoms in total. The Morgan fingerprint density at radius 3 is 2.93 bits per heavy atom. The molecule has 1 aromatic heterocycles. The standard InChI is InChI=1S/C21H26N2O3.ClH/c1-26-21(25)19-15-10-17-20-14(13-4-2-3-5-16(13)22-20)8-9-23(17)11-12(15)6-7-18(19)24;/h2-5,12,15,17-19,22,24H,6-11H2,1H3;1H/t12-,15?,17-,18-,19+;/m0./s1. The number of hydrogen-bond acceptors (Lipinski definition) is 4. The maximum absolute atomic E-state index is 12.4. The number of esters is 1. The number of carbonyl (C=O) groups excluding carboxylic acids is 1. The van der Waals surface area contributed by atoms with Gasteiger partial charge in [-0.25, -0.2) is 0 Å². The molecule has 6 heteroatoms. The molecule has 1 saturated carbocycles. The molecule has 146 valence electrons. The molecule has 2 aromatic rings. The van der Waals surface area contributed by atoms with Gasteiger partial charge in [0.05, 0.1) is 25.2 Å². The number of aliphatic hydroxyl groups is 1. The Balaban J connectivity index is 0.00000180. The van der Waals surface area contributed by atoms with E-state index in [9.17, 15) is 9.90 Å². The zero-order chi connectivity index (χ0) is 17.8. The number of halogens is 1. The lowest BCUT2D eigenvalue weighted by Crippen LogP contribution is -2.53. The second kappa shape index (κ2) is 7.12. The topological polar surface area (TPSA) is 65.6 Å². The summed E-state index contributed by atoms with van der Waals surface area (Å²) in [5.74, 6) is 0.0541. The summed E-state index contributed by atoms with van der Waals surface area (Å²) in [6.45, 7) is 2.10. The number of para-hydroxylation sites is 1. The molecule has 0 amide bonds. The number of ether oxygens (including phenoxy) is 1. The van der Waals surface area contributed by atoms with Gasteiger partial charge in [-0.1, -0.05) is 18.2 Å². The molecule has 1 aliphatic carbocycles. The van der Waals surface area contributed by atoms with Crippen molar-refractivity contribution in [2.24, 2.45) is 17.8 Å². The van der Waals surface area contributed by atoms with Crippen LogP contribution < -0.4 is 0 Å². The van der Waals surface area contributed by atoms with E-state index in [0.29, 0.717) is 18.4 Å². The average Bonchev–Trinajstić information content (AvgIpc) is 3.05. The van der Waals surface area contributed by atoms with E-state index < -0.39 is 6.10 Å². The maximum atomic E-state index is 12.4. The highest BCUT2D eigenvalue weighted by Gasteiger charge is 2.49. The molecule has 0 bridgehead atoms. The molecule has 2 fully saturated rings. The molecule has 5 atom stereocenters. The Labute approximate surface area is 165 Å². The first-order valence-corrected chi connectivity index (χ1v) is 9.76. The summed E-state index contributed by atoms with van der Waals surface area (Å²) in [7, 11) is 1.43. The maximum Gasteiger partial charge on any atom is 0.311 e. The number of nitrogens with one attached hydrogen (secondary N) is 1. The fraction of sp³-hybridized carbons (Fsp3) is 0.571. The Hall–Kier alpha value is -1.56. The minimum Gasteiger partial charge on any atom is -0.469 e. The number of fused-ring (bicyclic) bond motifs is 6. The van der Waals surface area contributed by atoms with Gasteiger partial charge < -0.3 is 14.8 Å². The monoisotopic (exact) mass is 390 g/mol. The quantitative estimate of drug-likeness (QED) is 0.734. The predicted molar refractivity (Wildman–Crippen MR) is 106 cm³/mol. The number of rotatable bonds is 1. The van der Waals surface area contributed by atoms with Gasteiger partial charge in [0, 0.05) is 29.7 Å². The Morgan fingerprint density at radius 1 is 1.30 bits per heavy atom. The van der Waals surface area contributed by atoms with Crippen LogP contribution in [-0.4, -0.2) is 47.3 Å². The number of nitrogens with zero attached hydrogens (tertiary/aromatic N) is 1. The van der Waals surface area contributed by atoms with Crippen molar-refractivity contribution in [3.8, 4) is 0 Å². The Kier molecular flexibility index (Phi) is 4.95. The number of aromatic nitrogens is 1. The largest absolute Gasteiger partial charge is 0.469 e. The van der Waals surface area contributed by atoms with Gasteiger partial charge in [0.1, 0.15) is 0 Å². The van der Waals surface area contributed by atoms with Crippen LogP contribution in [-0.2, 0) is 16.0 Å². The number of aromatic amines is 1. The molecule has 3 heterocycles. The van der Waals surface area contributed by atoms with E-state index in [1.807, 2.05) is 0 Å². The summed E-state index contributed by atoms with van der Waals surface area (Å²) in [6.07, 6.45) is 3.14. The molecule has 2 N–H and O–H groups in total. The van der Waals surface area contributed by atoms with E-state index in [1.54, 1.807) is 0 Å².